The number of rotatable bonds is 10. The molecule has 0 amide bonds. The van der Waals surface area contributed by atoms with E-state index in [-0.39, 0.29) is 12.4 Å². The van der Waals surface area contributed by atoms with Crippen molar-refractivity contribution in [2.45, 2.75) is 19.6 Å². The molecule has 0 saturated carbocycles. The zero-order valence-electron chi connectivity index (χ0n) is 14.6. The average Bonchev–Trinajstić information content (AvgIpc) is 2.61. The second-order valence-corrected chi connectivity index (χ2v) is 6.48. The summed E-state index contributed by atoms with van der Waals surface area (Å²) >= 11 is 3.53. The quantitative estimate of drug-likeness (QED) is 0.583. The minimum absolute atomic E-state index is 0.142. The molecule has 4 nitrogen and oxygen atoms in total. The second-order valence-electron chi connectivity index (χ2n) is 5.62. The maximum atomic E-state index is 13.7. The van der Waals surface area contributed by atoms with Crippen LogP contribution in [0.4, 0.5) is 4.39 Å². The Balaban J connectivity index is 2.02. The maximum absolute atomic E-state index is 13.7. The fraction of sp³-hybridized carbons (Fsp3) is 0.368. The molecular formula is C19H24BrFN2O2. The van der Waals surface area contributed by atoms with Gasteiger partial charge >= 0.3 is 0 Å². The van der Waals surface area contributed by atoms with E-state index in [0.717, 1.165) is 36.1 Å². The van der Waals surface area contributed by atoms with Crippen molar-refractivity contribution in [3.05, 3.63) is 57.8 Å². The number of nitrogens with one attached hydrogen (secondary N) is 2. The summed E-state index contributed by atoms with van der Waals surface area (Å²) in [5, 5.41) is 6.51. The highest BCUT2D eigenvalue weighted by Gasteiger charge is 2.13. The zero-order chi connectivity index (χ0) is 18.1. The van der Waals surface area contributed by atoms with Crippen LogP contribution in [0.5, 0.6) is 11.5 Å². The van der Waals surface area contributed by atoms with E-state index in [1.807, 2.05) is 19.2 Å². The van der Waals surface area contributed by atoms with Crippen LogP contribution in [0.2, 0.25) is 0 Å². The maximum Gasteiger partial charge on any atom is 0.175 e. The summed E-state index contributed by atoms with van der Waals surface area (Å²) in [7, 11) is 3.55. The molecule has 0 unspecified atom stereocenters. The van der Waals surface area contributed by atoms with Crippen LogP contribution in [0.25, 0.3) is 0 Å². The molecule has 0 heterocycles. The van der Waals surface area contributed by atoms with Crippen molar-refractivity contribution < 1.29 is 13.9 Å². The summed E-state index contributed by atoms with van der Waals surface area (Å²) in [6.45, 7) is 2.81. The Labute approximate surface area is 156 Å². The molecule has 2 rings (SSSR count). The van der Waals surface area contributed by atoms with E-state index in [2.05, 4.69) is 26.6 Å². The van der Waals surface area contributed by atoms with Gasteiger partial charge in [0.25, 0.3) is 0 Å². The number of ether oxygens (including phenoxy) is 2. The highest BCUT2D eigenvalue weighted by atomic mass is 79.9. The van der Waals surface area contributed by atoms with Crippen molar-refractivity contribution in [3.63, 3.8) is 0 Å². The monoisotopic (exact) mass is 410 g/mol. The van der Waals surface area contributed by atoms with Gasteiger partial charge in [0.05, 0.1) is 11.6 Å². The lowest BCUT2D eigenvalue weighted by atomic mass is 10.2. The molecule has 0 aliphatic rings. The summed E-state index contributed by atoms with van der Waals surface area (Å²) in [6, 6.07) is 10.5. The molecule has 2 N–H and O–H groups in total. The number of methoxy groups -OCH3 is 1. The largest absolute Gasteiger partial charge is 0.493 e. The van der Waals surface area contributed by atoms with Crippen LogP contribution >= 0.6 is 15.9 Å². The fourth-order valence-corrected chi connectivity index (χ4v) is 3.01. The summed E-state index contributed by atoms with van der Waals surface area (Å²) < 4.78 is 25.8. The zero-order valence-corrected chi connectivity index (χ0v) is 16.2. The van der Waals surface area contributed by atoms with Crippen molar-refractivity contribution in [1.82, 2.24) is 10.6 Å². The third-order valence-corrected chi connectivity index (χ3v) is 4.32. The van der Waals surface area contributed by atoms with E-state index in [9.17, 15) is 4.39 Å². The average molecular weight is 411 g/mol. The molecule has 136 valence electrons. The first-order valence-corrected chi connectivity index (χ1v) is 9.03. The van der Waals surface area contributed by atoms with Gasteiger partial charge in [0.2, 0.25) is 0 Å². The summed E-state index contributed by atoms with van der Waals surface area (Å²) in [6.07, 6.45) is 1.07. The van der Waals surface area contributed by atoms with Crippen molar-refractivity contribution in [3.8, 4) is 11.5 Å². The first-order valence-electron chi connectivity index (χ1n) is 8.23. The van der Waals surface area contributed by atoms with Gasteiger partial charge in [-0.25, -0.2) is 4.39 Å². The Kier molecular flexibility index (Phi) is 8.18. The van der Waals surface area contributed by atoms with Crippen LogP contribution in [0.3, 0.4) is 0 Å². The van der Waals surface area contributed by atoms with Gasteiger partial charge in [-0.3, -0.25) is 0 Å². The molecule has 0 fully saturated rings. The molecule has 0 aromatic heterocycles. The van der Waals surface area contributed by atoms with Crippen LogP contribution in [-0.4, -0.2) is 27.2 Å². The number of benzene rings is 2. The fourth-order valence-electron chi connectivity index (χ4n) is 2.40. The van der Waals surface area contributed by atoms with E-state index in [4.69, 9.17) is 9.47 Å². The lowest BCUT2D eigenvalue weighted by Crippen LogP contribution is -2.19. The van der Waals surface area contributed by atoms with E-state index < -0.39 is 0 Å². The highest BCUT2D eigenvalue weighted by molar-refractivity contribution is 9.10. The topological polar surface area (TPSA) is 42.5 Å². The van der Waals surface area contributed by atoms with Gasteiger partial charge in [0, 0.05) is 12.1 Å². The molecule has 0 aliphatic heterocycles. The second kappa shape index (κ2) is 10.4. The molecule has 2 aromatic rings. The standard InChI is InChI=1S/C19H24BrFN2O2/c1-22-8-5-9-23-12-14-10-16(20)19(18(11-14)24-2)25-13-15-6-3-4-7-17(15)21/h3-4,6-7,10-11,22-23H,5,8-9,12-13H2,1-2H3. The van der Waals surface area contributed by atoms with Crippen LogP contribution in [-0.2, 0) is 13.2 Å². The number of hydrogen-bond donors (Lipinski definition) is 2. The van der Waals surface area contributed by atoms with Gasteiger partial charge in [-0.15, -0.1) is 0 Å². The Morgan fingerprint density at radius 2 is 1.96 bits per heavy atom. The van der Waals surface area contributed by atoms with Crippen LogP contribution in [0.1, 0.15) is 17.5 Å². The Bertz CT molecular complexity index is 682. The van der Waals surface area contributed by atoms with Gasteiger partial charge in [-0.2, -0.15) is 0 Å². The molecule has 0 bridgehead atoms. The lowest BCUT2D eigenvalue weighted by Gasteiger charge is -2.15. The molecule has 0 saturated heterocycles. The van der Waals surface area contributed by atoms with Gasteiger partial charge in [-0.05, 0) is 66.3 Å². The first-order chi connectivity index (χ1) is 12.2. The highest BCUT2D eigenvalue weighted by Crippen LogP contribution is 2.37. The molecular weight excluding hydrogens is 387 g/mol. The van der Waals surface area contributed by atoms with E-state index in [1.165, 1.54) is 6.07 Å². The third kappa shape index (κ3) is 5.99. The van der Waals surface area contributed by atoms with Gasteiger partial charge in [0.1, 0.15) is 12.4 Å². The molecule has 0 spiro atoms. The number of hydrogen-bond acceptors (Lipinski definition) is 4. The number of halogens is 2. The van der Waals surface area contributed by atoms with Gasteiger partial charge in [0.15, 0.2) is 11.5 Å². The normalized spacial score (nSPS) is 10.7. The molecule has 6 heteroatoms. The molecule has 0 aliphatic carbocycles. The van der Waals surface area contributed by atoms with Crippen molar-refractivity contribution in [2.75, 3.05) is 27.2 Å². The van der Waals surface area contributed by atoms with Crippen LogP contribution in [0, 0.1) is 5.82 Å². The van der Waals surface area contributed by atoms with Crippen molar-refractivity contribution >= 4 is 15.9 Å². The predicted molar refractivity (Wildman–Crippen MR) is 102 cm³/mol. The molecule has 25 heavy (non-hydrogen) atoms. The predicted octanol–water partition coefficient (Wildman–Crippen LogP) is 3.87. The Morgan fingerprint density at radius 1 is 1.16 bits per heavy atom. The first kappa shape index (κ1) is 19.7. The minimum atomic E-state index is -0.278. The molecule has 0 atom stereocenters. The lowest BCUT2D eigenvalue weighted by molar-refractivity contribution is 0.277. The van der Waals surface area contributed by atoms with Crippen molar-refractivity contribution in [1.29, 1.82) is 0 Å². The summed E-state index contributed by atoms with van der Waals surface area (Å²) in [4.78, 5) is 0. The van der Waals surface area contributed by atoms with Crippen LogP contribution < -0.4 is 20.1 Å². The van der Waals surface area contributed by atoms with Crippen molar-refractivity contribution in [2.24, 2.45) is 0 Å². The third-order valence-electron chi connectivity index (χ3n) is 3.73. The summed E-state index contributed by atoms with van der Waals surface area (Å²) in [5.74, 6) is 0.919. The SMILES string of the molecule is CNCCCNCc1cc(Br)c(OCc2ccccc2F)c(OC)c1. The van der Waals surface area contributed by atoms with E-state index >= 15 is 0 Å². The van der Waals surface area contributed by atoms with Gasteiger partial charge in [-0.1, -0.05) is 18.2 Å². The smallest absolute Gasteiger partial charge is 0.175 e. The van der Waals surface area contributed by atoms with Crippen LogP contribution in [0.15, 0.2) is 40.9 Å². The van der Waals surface area contributed by atoms with E-state index in [0.29, 0.717) is 17.1 Å². The summed E-state index contributed by atoms with van der Waals surface area (Å²) in [5.41, 5.74) is 1.60. The van der Waals surface area contributed by atoms with E-state index in [1.54, 1.807) is 25.3 Å². The Morgan fingerprint density at radius 3 is 2.68 bits per heavy atom. The van der Waals surface area contributed by atoms with Gasteiger partial charge < -0.3 is 20.1 Å². The Hall–Kier alpha value is -1.63. The molecule has 2 aromatic carbocycles. The minimum Gasteiger partial charge on any atom is -0.493 e. The molecule has 0 radical (unpaired) electrons.